The summed E-state index contributed by atoms with van der Waals surface area (Å²) in [6, 6.07) is 7.88. The number of carbonyl (C=O) groups excluding carboxylic acids is 1. The molecule has 1 aromatic carbocycles. The van der Waals surface area contributed by atoms with E-state index in [4.69, 9.17) is 0 Å². The second kappa shape index (κ2) is 5.72. The van der Waals surface area contributed by atoms with Crippen LogP contribution in [-0.2, 0) is 17.8 Å². The molecule has 1 fully saturated rings. The van der Waals surface area contributed by atoms with Gasteiger partial charge in [-0.1, -0.05) is 24.3 Å². The maximum atomic E-state index is 10.5. The van der Waals surface area contributed by atoms with Crippen molar-refractivity contribution in [1.29, 1.82) is 0 Å². The number of aliphatic carboxylic acids is 1. The van der Waals surface area contributed by atoms with Crippen LogP contribution in [0.25, 0.3) is 0 Å². The van der Waals surface area contributed by atoms with E-state index in [9.17, 15) is 9.90 Å². The summed E-state index contributed by atoms with van der Waals surface area (Å²) >= 11 is 0. The molecule has 0 bridgehead atoms. The minimum Gasteiger partial charge on any atom is -0.550 e. The van der Waals surface area contributed by atoms with Crippen molar-refractivity contribution >= 4 is 5.97 Å². The minimum atomic E-state index is -1.02. The SMILES string of the molecule is CN1CC[N+](C)(Cc2ccc(CC(=O)[O-])cc2)CC1. The number of carboxylic acid groups (broad SMARTS) is 1. The first-order chi connectivity index (χ1) is 8.97. The van der Waals surface area contributed by atoms with E-state index in [0.717, 1.165) is 42.8 Å². The average molecular weight is 262 g/mol. The van der Waals surface area contributed by atoms with E-state index < -0.39 is 5.97 Å². The molecule has 4 nitrogen and oxygen atoms in total. The van der Waals surface area contributed by atoms with Gasteiger partial charge in [0.25, 0.3) is 0 Å². The standard InChI is InChI=1S/C15H22N2O2/c1-16-7-9-17(2,10-8-16)12-14-5-3-13(4-6-14)11-15(18)19/h3-6H,7-12H2,1-2H3. The lowest BCUT2D eigenvalue weighted by atomic mass is 10.1. The third-order valence-corrected chi connectivity index (χ3v) is 3.98. The number of benzene rings is 1. The highest BCUT2D eigenvalue weighted by atomic mass is 16.4. The zero-order valence-corrected chi connectivity index (χ0v) is 11.8. The molecular formula is C15H22N2O2. The lowest BCUT2D eigenvalue weighted by Gasteiger charge is -2.41. The van der Waals surface area contributed by atoms with E-state index >= 15 is 0 Å². The number of quaternary nitrogens is 1. The van der Waals surface area contributed by atoms with Crippen molar-refractivity contribution in [3.63, 3.8) is 0 Å². The maximum absolute atomic E-state index is 10.5. The topological polar surface area (TPSA) is 43.4 Å². The number of nitrogens with zero attached hydrogens (tertiary/aromatic N) is 2. The fraction of sp³-hybridized carbons (Fsp3) is 0.533. The Hall–Kier alpha value is -1.39. The highest BCUT2D eigenvalue weighted by molar-refractivity contribution is 5.67. The fourth-order valence-corrected chi connectivity index (χ4v) is 2.58. The quantitative estimate of drug-likeness (QED) is 0.710. The van der Waals surface area contributed by atoms with Gasteiger partial charge in [0.15, 0.2) is 0 Å². The van der Waals surface area contributed by atoms with Crippen LogP contribution in [0.3, 0.4) is 0 Å². The fourth-order valence-electron chi connectivity index (χ4n) is 2.58. The summed E-state index contributed by atoms with van der Waals surface area (Å²) in [4.78, 5) is 12.9. The van der Waals surface area contributed by atoms with Crippen LogP contribution in [-0.4, -0.2) is 55.6 Å². The predicted molar refractivity (Wildman–Crippen MR) is 72.3 cm³/mol. The molecule has 19 heavy (non-hydrogen) atoms. The first-order valence-electron chi connectivity index (χ1n) is 6.77. The van der Waals surface area contributed by atoms with Crippen molar-refractivity contribution in [2.45, 2.75) is 13.0 Å². The second-order valence-corrected chi connectivity index (χ2v) is 5.89. The van der Waals surface area contributed by atoms with Crippen LogP contribution >= 0.6 is 0 Å². The molecule has 4 heteroatoms. The van der Waals surface area contributed by atoms with E-state index in [1.807, 2.05) is 24.3 Å². The number of carbonyl (C=O) groups is 1. The van der Waals surface area contributed by atoms with Gasteiger partial charge in [-0.15, -0.1) is 0 Å². The molecule has 0 atom stereocenters. The number of likely N-dealkylation sites (N-methyl/N-ethyl adjacent to an activating group) is 2. The Kier molecular flexibility index (Phi) is 4.22. The highest BCUT2D eigenvalue weighted by Gasteiger charge is 2.27. The van der Waals surface area contributed by atoms with Gasteiger partial charge in [0.1, 0.15) is 6.54 Å². The molecule has 0 radical (unpaired) electrons. The molecule has 104 valence electrons. The molecule has 1 aliphatic rings. The van der Waals surface area contributed by atoms with Crippen molar-refractivity contribution in [2.75, 3.05) is 40.3 Å². The van der Waals surface area contributed by atoms with Crippen LogP contribution in [0.15, 0.2) is 24.3 Å². The molecule has 0 spiro atoms. The van der Waals surface area contributed by atoms with Crippen LogP contribution in [0.4, 0.5) is 0 Å². The lowest BCUT2D eigenvalue weighted by Crippen LogP contribution is -2.55. The Labute approximate surface area is 114 Å². The number of piperazine rings is 1. The normalized spacial score (nSPS) is 19.3. The summed E-state index contributed by atoms with van der Waals surface area (Å²) in [5.41, 5.74) is 2.08. The molecule has 1 aliphatic heterocycles. The Balaban J connectivity index is 1.97. The summed E-state index contributed by atoms with van der Waals surface area (Å²) < 4.78 is 1.06. The van der Waals surface area contributed by atoms with E-state index in [-0.39, 0.29) is 6.42 Å². The predicted octanol–water partition coefficient (Wildman–Crippen LogP) is -0.129. The van der Waals surface area contributed by atoms with Gasteiger partial charge in [0, 0.05) is 31.0 Å². The zero-order chi connectivity index (χ0) is 13.9. The van der Waals surface area contributed by atoms with Crippen LogP contribution in [0, 0.1) is 0 Å². The summed E-state index contributed by atoms with van der Waals surface area (Å²) in [6.07, 6.45) is -0.00278. The largest absolute Gasteiger partial charge is 0.550 e. The first kappa shape index (κ1) is 14.0. The number of carboxylic acids is 1. The van der Waals surface area contributed by atoms with Crippen molar-refractivity contribution < 1.29 is 14.4 Å². The molecule has 1 heterocycles. The summed E-state index contributed by atoms with van der Waals surface area (Å²) in [7, 11) is 4.46. The third-order valence-electron chi connectivity index (χ3n) is 3.98. The van der Waals surface area contributed by atoms with Gasteiger partial charge in [0.05, 0.1) is 20.1 Å². The summed E-state index contributed by atoms with van der Waals surface area (Å²) in [5.74, 6) is -1.02. The molecule has 0 N–H and O–H groups in total. The number of hydrogen-bond donors (Lipinski definition) is 0. The summed E-state index contributed by atoms with van der Waals surface area (Å²) in [5, 5.41) is 10.5. The Morgan fingerprint density at radius 3 is 2.26 bits per heavy atom. The zero-order valence-electron chi connectivity index (χ0n) is 11.8. The smallest absolute Gasteiger partial charge is 0.104 e. The molecule has 0 aromatic heterocycles. The van der Waals surface area contributed by atoms with Gasteiger partial charge < -0.3 is 14.4 Å². The molecule has 1 aromatic rings. The Morgan fingerprint density at radius 2 is 1.74 bits per heavy atom. The second-order valence-electron chi connectivity index (χ2n) is 5.89. The molecule has 1 saturated heterocycles. The minimum absolute atomic E-state index is 0.00278. The molecule has 2 rings (SSSR count). The molecule has 0 amide bonds. The van der Waals surface area contributed by atoms with Gasteiger partial charge in [-0.05, 0) is 12.6 Å². The van der Waals surface area contributed by atoms with E-state index in [1.54, 1.807) is 0 Å². The van der Waals surface area contributed by atoms with Crippen molar-refractivity contribution in [3.05, 3.63) is 35.4 Å². The van der Waals surface area contributed by atoms with Gasteiger partial charge >= 0.3 is 0 Å². The van der Waals surface area contributed by atoms with Crippen molar-refractivity contribution in [2.24, 2.45) is 0 Å². The van der Waals surface area contributed by atoms with Crippen molar-refractivity contribution in [1.82, 2.24) is 4.90 Å². The summed E-state index contributed by atoms with van der Waals surface area (Å²) in [6.45, 7) is 5.62. The number of rotatable bonds is 4. The van der Waals surface area contributed by atoms with Gasteiger partial charge in [0.2, 0.25) is 0 Å². The van der Waals surface area contributed by atoms with E-state index in [2.05, 4.69) is 19.0 Å². The lowest BCUT2D eigenvalue weighted by molar-refractivity contribution is -0.926. The van der Waals surface area contributed by atoms with Crippen LogP contribution in [0.2, 0.25) is 0 Å². The molecule has 0 saturated carbocycles. The Morgan fingerprint density at radius 1 is 1.21 bits per heavy atom. The monoisotopic (exact) mass is 262 g/mol. The van der Waals surface area contributed by atoms with Gasteiger partial charge in [-0.25, -0.2) is 0 Å². The average Bonchev–Trinajstić information content (AvgIpc) is 2.35. The Bertz CT molecular complexity index is 434. The maximum Gasteiger partial charge on any atom is 0.104 e. The van der Waals surface area contributed by atoms with E-state index in [1.165, 1.54) is 5.56 Å². The van der Waals surface area contributed by atoms with E-state index in [0.29, 0.717) is 0 Å². The first-order valence-corrected chi connectivity index (χ1v) is 6.77. The highest BCUT2D eigenvalue weighted by Crippen LogP contribution is 2.16. The molecule has 0 unspecified atom stereocenters. The van der Waals surface area contributed by atoms with Gasteiger partial charge in [-0.3, -0.25) is 4.90 Å². The van der Waals surface area contributed by atoms with Crippen molar-refractivity contribution in [3.8, 4) is 0 Å². The third kappa shape index (κ3) is 4.04. The van der Waals surface area contributed by atoms with Crippen LogP contribution in [0.5, 0.6) is 0 Å². The van der Waals surface area contributed by atoms with Crippen LogP contribution < -0.4 is 5.11 Å². The molecule has 0 aliphatic carbocycles. The molecular weight excluding hydrogens is 240 g/mol. The number of hydrogen-bond acceptors (Lipinski definition) is 3. The van der Waals surface area contributed by atoms with Crippen LogP contribution in [0.1, 0.15) is 11.1 Å². The van der Waals surface area contributed by atoms with Gasteiger partial charge in [-0.2, -0.15) is 0 Å².